The second kappa shape index (κ2) is 4.49. The van der Waals surface area contributed by atoms with Crippen LogP contribution in [0.25, 0.3) is 11.1 Å². The van der Waals surface area contributed by atoms with E-state index in [0.29, 0.717) is 16.1 Å². The maximum absolute atomic E-state index is 13.7. The number of fused-ring (bicyclic) bond motifs is 1. The number of pyridine rings is 1. The summed E-state index contributed by atoms with van der Waals surface area (Å²) in [6.07, 6.45) is 2.73. The lowest BCUT2D eigenvalue weighted by Gasteiger charge is -2.12. The summed E-state index contributed by atoms with van der Waals surface area (Å²) in [6.45, 7) is 2.68. The monoisotopic (exact) mass is 276 g/mol. The number of anilines is 1. The average Bonchev–Trinajstić information content (AvgIpc) is 2.75. The largest absolute Gasteiger partial charge is 0.359 e. The summed E-state index contributed by atoms with van der Waals surface area (Å²) in [4.78, 5) is 6.58. The molecule has 0 unspecified atom stereocenters. The van der Waals surface area contributed by atoms with E-state index in [9.17, 15) is 4.39 Å². The number of nitrogens with zero attached hydrogens (tertiary/aromatic N) is 2. The van der Waals surface area contributed by atoms with Crippen LogP contribution in [-0.4, -0.2) is 18.6 Å². The molecule has 4 heteroatoms. The number of hydrogen-bond acceptors (Lipinski definition) is 2. The van der Waals surface area contributed by atoms with E-state index in [-0.39, 0.29) is 5.82 Å². The molecule has 1 aliphatic rings. The molecule has 19 heavy (non-hydrogen) atoms. The van der Waals surface area contributed by atoms with Crippen molar-refractivity contribution in [2.75, 3.05) is 18.5 Å². The zero-order valence-electron chi connectivity index (χ0n) is 10.9. The van der Waals surface area contributed by atoms with Gasteiger partial charge in [0.15, 0.2) is 0 Å². The zero-order chi connectivity index (χ0) is 13.6. The number of halogens is 2. The topological polar surface area (TPSA) is 16.1 Å². The van der Waals surface area contributed by atoms with Crippen LogP contribution in [0.5, 0.6) is 0 Å². The minimum atomic E-state index is -0.239. The van der Waals surface area contributed by atoms with Crippen molar-refractivity contribution in [1.29, 1.82) is 0 Å². The first-order valence-electron chi connectivity index (χ1n) is 6.22. The number of benzene rings is 1. The molecule has 1 aromatic carbocycles. The van der Waals surface area contributed by atoms with Crippen LogP contribution in [0.4, 0.5) is 10.2 Å². The lowest BCUT2D eigenvalue weighted by molar-refractivity contribution is 0.619. The van der Waals surface area contributed by atoms with Crippen LogP contribution in [0.3, 0.4) is 0 Å². The molecule has 0 radical (unpaired) electrons. The summed E-state index contributed by atoms with van der Waals surface area (Å²) >= 11 is 6.21. The van der Waals surface area contributed by atoms with Crippen LogP contribution in [0.2, 0.25) is 5.02 Å². The van der Waals surface area contributed by atoms with Crippen LogP contribution >= 0.6 is 11.6 Å². The van der Waals surface area contributed by atoms with Gasteiger partial charge in [0.05, 0.1) is 0 Å². The molecule has 0 spiro atoms. The zero-order valence-corrected chi connectivity index (χ0v) is 11.6. The fourth-order valence-electron chi connectivity index (χ4n) is 2.44. The van der Waals surface area contributed by atoms with Crippen LogP contribution in [0.15, 0.2) is 24.4 Å². The molecule has 1 aliphatic heterocycles. The predicted molar refractivity (Wildman–Crippen MR) is 76.4 cm³/mol. The molecule has 2 heterocycles. The second-order valence-corrected chi connectivity index (χ2v) is 5.37. The highest BCUT2D eigenvalue weighted by molar-refractivity contribution is 6.33. The Labute approximate surface area is 116 Å². The van der Waals surface area contributed by atoms with E-state index in [0.717, 1.165) is 24.3 Å². The van der Waals surface area contributed by atoms with Crippen molar-refractivity contribution in [2.45, 2.75) is 13.3 Å². The minimum absolute atomic E-state index is 0.239. The van der Waals surface area contributed by atoms with Crippen LogP contribution in [0, 0.1) is 12.7 Å². The third kappa shape index (κ3) is 2.08. The Hall–Kier alpha value is -1.61. The molecule has 0 amide bonds. The Morgan fingerprint density at radius 3 is 2.89 bits per heavy atom. The van der Waals surface area contributed by atoms with E-state index < -0.39 is 0 Å². The van der Waals surface area contributed by atoms with Crippen molar-refractivity contribution < 1.29 is 4.39 Å². The van der Waals surface area contributed by atoms with Gasteiger partial charge in [0.25, 0.3) is 0 Å². The molecule has 0 atom stereocenters. The maximum Gasteiger partial charge on any atom is 0.131 e. The van der Waals surface area contributed by atoms with Gasteiger partial charge in [0, 0.05) is 35.9 Å². The van der Waals surface area contributed by atoms with Gasteiger partial charge in [-0.15, -0.1) is 0 Å². The fourth-order valence-corrected chi connectivity index (χ4v) is 2.77. The molecular formula is C15H14ClFN2. The van der Waals surface area contributed by atoms with Crippen molar-refractivity contribution >= 4 is 17.4 Å². The van der Waals surface area contributed by atoms with E-state index in [1.165, 1.54) is 11.6 Å². The van der Waals surface area contributed by atoms with Gasteiger partial charge in [-0.25, -0.2) is 9.37 Å². The molecule has 0 N–H and O–H groups in total. The number of aryl methyl sites for hydroxylation is 1. The van der Waals surface area contributed by atoms with Gasteiger partial charge in [0.1, 0.15) is 11.6 Å². The van der Waals surface area contributed by atoms with Crippen molar-refractivity contribution in [3.8, 4) is 11.1 Å². The van der Waals surface area contributed by atoms with Crippen molar-refractivity contribution in [3.63, 3.8) is 0 Å². The highest BCUT2D eigenvalue weighted by Gasteiger charge is 2.18. The smallest absolute Gasteiger partial charge is 0.131 e. The quantitative estimate of drug-likeness (QED) is 0.787. The molecule has 0 aliphatic carbocycles. The number of aromatic nitrogens is 1. The first-order valence-corrected chi connectivity index (χ1v) is 6.60. The average molecular weight is 277 g/mol. The molecular weight excluding hydrogens is 263 g/mol. The van der Waals surface area contributed by atoms with Crippen LogP contribution in [0.1, 0.15) is 11.1 Å². The first kappa shape index (κ1) is 12.4. The van der Waals surface area contributed by atoms with Gasteiger partial charge < -0.3 is 4.90 Å². The molecule has 98 valence electrons. The van der Waals surface area contributed by atoms with E-state index in [2.05, 4.69) is 16.0 Å². The molecule has 2 aromatic rings. The van der Waals surface area contributed by atoms with Crippen LogP contribution < -0.4 is 4.90 Å². The number of rotatable bonds is 1. The Kier molecular flexibility index (Phi) is 2.94. The molecule has 0 bridgehead atoms. The fraction of sp³-hybridized carbons (Fsp3) is 0.267. The molecule has 1 aromatic heterocycles. The summed E-state index contributed by atoms with van der Waals surface area (Å²) < 4.78 is 13.7. The van der Waals surface area contributed by atoms with Crippen molar-refractivity contribution in [1.82, 2.24) is 4.98 Å². The maximum atomic E-state index is 13.7. The van der Waals surface area contributed by atoms with Crippen molar-refractivity contribution in [3.05, 3.63) is 46.4 Å². The predicted octanol–water partition coefficient (Wildman–Crippen LogP) is 3.84. The van der Waals surface area contributed by atoms with Gasteiger partial charge in [0.2, 0.25) is 0 Å². The third-order valence-electron chi connectivity index (χ3n) is 3.58. The molecule has 0 saturated heterocycles. The van der Waals surface area contributed by atoms with Gasteiger partial charge in [-0.3, -0.25) is 0 Å². The summed E-state index contributed by atoms with van der Waals surface area (Å²) in [6, 6.07) is 5.20. The molecule has 2 nitrogen and oxygen atoms in total. The van der Waals surface area contributed by atoms with E-state index >= 15 is 0 Å². The number of hydrogen-bond donors (Lipinski definition) is 0. The summed E-state index contributed by atoms with van der Waals surface area (Å²) in [5.74, 6) is 0.768. The Balaban J connectivity index is 2.11. The standard InChI is InChI=1S/C15H14ClFN2/c1-9-5-13(16)12(7-14(9)17)11-6-10-3-4-19(2)15(10)18-8-11/h5-8H,3-4H2,1-2H3. The van der Waals surface area contributed by atoms with Gasteiger partial charge in [-0.2, -0.15) is 0 Å². The Bertz CT molecular complexity index is 655. The van der Waals surface area contributed by atoms with Gasteiger partial charge in [-0.1, -0.05) is 11.6 Å². The Morgan fingerprint density at radius 2 is 2.11 bits per heavy atom. The highest BCUT2D eigenvalue weighted by Crippen LogP contribution is 2.33. The first-order chi connectivity index (χ1) is 9.06. The minimum Gasteiger partial charge on any atom is -0.359 e. The lowest BCUT2D eigenvalue weighted by atomic mass is 10.0. The third-order valence-corrected chi connectivity index (χ3v) is 3.89. The Morgan fingerprint density at radius 1 is 1.32 bits per heavy atom. The van der Waals surface area contributed by atoms with E-state index in [1.807, 2.05) is 7.05 Å². The van der Waals surface area contributed by atoms with Gasteiger partial charge in [-0.05, 0) is 42.7 Å². The van der Waals surface area contributed by atoms with Gasteiger partial charge >= 0.3 is 0 Å². The van der Waals surface area contributed by atoms with Crippen molar-refractivity contribution in [2.24, 2.45) is 0 Å². The second-order valence-electron chi connectivity index (χ2n) is 4.96. The normalized spacial score (nSPS) is 13.8. The molecule has 0 fully saturated rings. The summed E-state index contributed by atoms with van der Waals surface area (Å²) in [7, 11) is 2.02. The SMILES string of the molecule is Cc1cc(Cl)c(-c2cnc3c(c2)CCN3C)cc1F. The molecule has 3 rings (SSSR count). The summed E-state index contributed by atoms with van der Waals surface area (Å²) in [5, 5.41) is 0.562. The van der Waals surface area contributed by atoms with E-state index in [4.69, 9.17) is 11.6 Å². The lowest BCUT2D eigenvalue weighted by Crippen LogP contribution is -2.13. The van der Waals surface area contributed by atoms with Crippen LogP contribution in [-0.2, 0) is 6.42 Å². The molecule has 0 saturated carbocycles. The number of likely N-dealkylation sites (N-methyl/N-ethyl adjacent to an activating group) is 1. The summed E-state index contributed by atoms with van der Waals surface area (Å²) in [5.41, 5.74) is 3.33. The van der Waals surface area contributed by atoms with E-state index in [1.54, 1.807) is 19.2 Å². The highest BCUT2D eigenvalue weighted by atomic mass is 35.5.